The smallest absolute Gasteiger partial charge is 0.218 e. The summed E-state index contributed by atoms with van der Waals surface area (Å²) in [6, 6.07) is 0. The Morgan fingerprint density at radius 2 is 1.84 bits per heavy atom. The summed E-state index contributed by atoms with van der Waals surface area (Å²) in [5, 5.41) is -3.23. The maximum atomic E-state index is 11.9. The van der Waals surface area contributed by atoms with Crippen LogP contribution in [0.1, 0.15) is 6.42 Å². The molecule has 0 radical (unpaired) electrons. The normalized spacial score (nSPS) is 64.0. The third kappa shape index (κ3) is 1.64. The van der Waals surface area contributed by atoms with Gasteiger partial charge in [0, 0.05) is 6.42 Å². The molecule has 0 aromatic rings. The van der Waals surface area contributed by atoms with Gasteiger partial charge in [0.15, 0.2) is 4.21 Å². The minimum atomic E-state index is -2.02. The Labute approximate surface area is 142 Å². The van der Waals surface area contributed by atoms with E-state index in [4.69, 9.17) is 78.8 Å². The molecule has 2 aliphatic carbocycles. The van der Waals surface area contributed by atoms with E-state index in [1.165, 1.54) is 12.2 Å². The Morgan fingerprint density at radius 3 is 2.47 bits per heavy atom. The first-order valence-electron chi connectivity index (χ1n) is 5.14. The van der Waals surface area contributed by atoms with Crippen LogP contribution in [0, 0.1) is 0 Å². The lowest BCUT2D eigenvalue weighted by Gasteiger charge is -2.47. The standard InChI is InChI=1S/C9H6Cl6O3S/c10-4-1-2-7(13)9(15,5(4)11)6(12)3-8(6,14)19(16)18-17-7/h1-2,4-5H,3H2. The van der Waals surface area contributed by atoms with Crippen LogP contribution in [0.5, 0.6) is 0 Å². The van der Waals surface area contributed by atoms with Crippen molar-refractivity contribution in [3.8, 4) is 0 Å². The molecule has 19 heavy (non-hydrogen) atoms. The van der Waals surface area contributed by atoms with E-state index < -0.39 is 40.8 Å². The second kappa shape index (κ2) is 4.30. The van der Waals surface area contributed by atoms with Crippen molar-refractivity contribution in [1.82, 2.24) is 0 Å². The zero-order valence-corrected chi connectivity index (χ0v) is 14.3. The van der Waals surface area contributed by atoms with Crippen molar-refractivity contribution in [3.05, 3.63) is 12.2 Å². The lowest BCUT2D eigenvalue weighted by atomic mass is 9.84. The Kier molecular flexibility index (Phi) is 3.50. The van der Waals surface area contributed by atoms with Crippen LogP contribution >= 0.6 is 69.6 Å². The molecular formula is C9H6Cl6O3S. The summed E-state index contributed by atoms with van der Waals surface area (Å²) >= 11 is 36.0. The Hall–Kier alpha value is 1.55. The molecule has 0 aromatic carbocycles. The minimum absolute atomic E-state index is 0.109. The van der Waals surface area contributed by atoms with Crippen molar-refractivity contribution < 1.29 is 13.4 Å². The molecule has 0 N–H and O–H groups in total. The molecule has 2 fully saturated rings. The van der Waals surface area contributed by atoms with Gasteiger partial charge in [0.25, 0.3) is 0 Å². The molecule has 7 unspecified atom stereocenters. The van der Waals surface area contributed by atoms with Gasteiger partial charge in [-0.25, -0.2) is 4.21 Å². The van der Waals surface area contributed by atoms with Crippen LogP contribution in [0.3, 0.4) is 0 Å². The average molecular weight is 407 g/mol. The maximum Gasteiger partial charge on any atom is 0.218 e. The quantitative estimate of drug-likeness (QED) is 0.350. The van der Waals surface area contributed by atoms with Crippen molar-refractivity contribution in [2.75, 3.05) is 0 Å². The number of alkyl halides is 6. The van der Waals surface area contributed by atoms with Crippen LogP contribution in [0.4, 0.5) is 0 Å². The first kappa shape index (κ1) is 15.4. The molecule has 1 saturated carbocycles. The molecule has 0 amide bonds. The molecular weight excluding hydrogens is 401 g/mol. The first-order chi connectivity index (χ1) is 8.62. The van der Waals surface area contributed by atoms with Crippen LogP contribution in [-0.4, -0.2) is 34.0 Å². The van der Waals surface area contributed by atoms with Crippen molar-refractivity contribution in [1.29, 1.82) is 0 Å². The third-order valence-corrected chi connectivity index (χ3v) is 9.41. The summed E-state index contributed by atoms with van der Waals surface area (Å²) in [6.07, 6.45) is 3.01. The minimum Gasteiger partial charge on any atom is -0.225 e. The zero-order chi connectivity index (χ0) is 14.3. The van der Waals surface area contributed by atoms with Gasteiger partial charge in [0.1, 0.15) is 9.75 Å². The van der Waals surface area contributed by atoms with Crippen LogP contribution in [0.2, 0.25) is 0 Å². The second-order valence-corrected chi connectivity index (χ2v) is 9.60. The fourth-order valence-electron chi connectivity index (χ4n) is 2.41. The largest absolute Gasteiger partial charge is 0.225 e. The van der Waals surface area contributed by atoms with E-state index in [0.717, 1.165) is 0 Å². The van der Waals surface area contributed by atoms with Gasteiger partial charge in [-0.05, 0) is 6.08 Å². The number of fused-ring (bicyclic) bond motifs is 3. The highest BCUT2D eigenvalue weighted by molar-refractivity contribution is 7.83. The van der Waals surface area contributed by atoms with E-state index in [2.05, 4.69) is 0 Å². The predicted octanol–water partition coefficient (Wildman–Crippen LogP) is 3.63. The first-order valence-corrected chi connectivity index (χ1v) is 8.59. The fraction of sp³-hybridized carbons (Fsp3) is 0.778. The lowest BCUT2D eigenvalue weighted by Crippen LogP contribution is -2.64. The van der Waals surface area contributed by atoms with E-state index in [1.807, 2.05) is 0 Å². The summed E-state index contributed by atoms with van der Waals surface area (Å²) in [7, 11) is 0. The Bertz CT molecular complexity index is 504. The molecule has 108 valence electrons. The van der Waals surface area contributed by atoms with Crippen LogP contribution in [0.15, 0.2) is 12.2 Å². The number of halogens is 6. The van der Waals surface area contributed by atoms with E-state index in [-0.39, 0.29) is 6.42 Å². The van der Waals surface area contributed by atoms with Gasteiger partial charge < -0.3 is 0 Å². The average Bonchev–Trinajstić information content (AvgIpc) is 2.95. The molecule has 10 heteroatoms. The van der Waals surface area contributed by atoms with E-state index >= 15 is 0 Å². The number of allylic oxidation sites excluding steroid dienone is 1. The van der Waals surface area contributed by atoms with Gasteiger partial charge in [-0.1, -0.05) is 29.3 Å². The summed E-state index contributed by atoms with van der Waals surface area (Å²) in [6.45, 7) is 0. The predicted molar refractivity (Wildman–Crippen MR) is 77.7 cm³/mol. The molecule has 1 aliphatic heterocycles. The Morgan fingerprint density at radius 1 is 1.21 bits per heavy atom. The summed E-state index contributed by atoms with van der Waals surface area (Å²) in [4.78, 5) is 2.05. The molecule has 0 bridgehead atoms. The topological polar surface area (TPSA) is 35.5 Å². The highest BCUT2D eigenvalue weighted by atomic mass is 35.5. The molecule has 0 spiro atoms. The van der Waals surface area contributed by atoms with Gasteiger partial charge in [-0.3, -0.25) is 0 Å². The summed E-state index contributed by atoms with van der Waals surface area (Å²) < 4.78 is 15.2. The molecule has 3 nitrogen and oxygen atoms in total. The molecule has 7 atom stereocenters. The van der Waals surface area contributed by atoms with Crippen molar-refractivity contribution in [2.24, 2.45) is 0 Å². The van der Waals surface area contributed by atoms with Gasteiger partial charge in [-0.15, -0.1) is 50.7 Å². The Balaban J connectivity index is 2.21. The van der Waals surface area contributed by atoms with Gasteiger partial charge in [0.2, 0.25) is 16.1 Å². The van der Waals surface area contributed by atoms with E-state index in [1.54, 1.807) is 0 Å². The third-order valence-electron chi connectivity index (χ3n) is 3.65. The summed E-state index contributed by atoms with van der Waals surface area (Å²) in [5.41, 5.74) is 0. The highest BCUT2D eigenvalue weighted by Crippen LogP contribution is 2.74. The summed E-state index contributed by atoms with van der Waals surface area (Å²) in [5.74, 6) is 0. The van der Waals surface area contributed by atoms with Crippen molar-refractivity contribution >= 4 is 80.7 Å². The monoisotopic (exact) mass is 404 g/mol. The van der Waals surface area contributed by atoms with Crippen LogP contribution in [0.25, 0.3) is 0 Å². The van der Waals surface area contributed by atoms with Gasteiger partial charge in [-0.2, -0.15) is 4.89 Å². The molecule has 1 heterocycles. The number of hydrogen-bond acceptors (Lipinski definition) is 3. The second-order valence-electron chi connectivity index (χ2n) is 4.65. The van der Waals surface area contributed by atoms with Crippen molar-refractivity contribution in [3.63, 3.8) is 0 Å². The molecule has 3 aliphatic rings. The molecule has 0 aromatic heterocycles. The van der Waals surface area contributed by atoms with E-state index in [9.17, 15) is 4.21 Å². The zero-order valence-electron chi connectivity index (χ0n) is 8.92. The van der Waals surface area contributed by atoms with Crippen molar-refractivity contribution in [2.45, 2.75) is 36.2 Å². The van der Waals surface area contributed by atoms with Gasteiger partial charge in [0.05, 0.1) is 10.8 Å². The SMILES string of the molecule is O=S1OOC2(Cl)C=CC(Cl)C(Cl)C2(Cl)C2(Cl)CC12Cl. The molecule has 3 rings (SSSR count). The van der Waals surface area contributed by atoms with E-state index in [0.29, 0.717) is 0 Å². The lowest BCUT2D eigenvalue weighted by molar-refractivity contribution is -0.247. The number of rotatable bonds is 0. The highest BCUT2D eigenvalue weighted by Gasteiger charge is 2.87. The van der Waals surface area contributed by atoms with Crippen LogP contribution < -0.4 is 0 Å². The maximum absolute atomic E-state index is 11.9. The number of hydrogen-bond donors (Lipinski definition) is 0. The molecule has 1 saturated heterocycles. The fourth-order valence-corrected chi connectivity index (χ4v) is 6.57. The van der Waals surface area contributed by atoms with Gasteiger partial charge >= 0.3 is 0 Å². The van der Waals surface area contributed by atoms with Crippen LogP contribution in [-0.2, 0) is 20.3 Å².